The Morgan fingerprint density at radius 2 is 2.05 bits per heavy atom. The average molecular weight is 295 g/mol. The first-order chi connectivity index (χ1) is 10.1. The van der Waals surface area contributed by atoms with Crippen molar-refractivity contribution in [3.63, 3.8) is 0 Å². The molecule has 7 heteroatoms. The number of halogens is 2. The van der Waals surface area contributed by atoms with E-state index in [1.54, 1.807) is 6.92 Å². The highest BCUT2D eigenvalue weighted by molar-refractivity contribution is 5.99. The lowest BCUT2D eigenvalue weighted by Crippen LogP contribution is -2.33. The summed E-state index contributed by atoms with van der Waals surface area (Å²) in [6.07, 6.45) is 1.23. The van der Waals surface area contributed by atoms with Crippen molar-refractivity contribution in [1.29, 1.82) is 0 Å². The molecular weight excluding hydrogens is 280 g/mol. The van der Waals surface area contributed by atoms with Crippen LogP contribution in [0, 0.1) is 11.6 Å². The van der Waals surface area contributed by atoms with Crippen LogP contribution in [0.4, 0.5) is 8.78 Å². The van der Waals surface area contributed by atoms with Crippen LogP contribution in [-0.4, -0.2) is 45.8 Å². The Kier molecular flexibility index (Phi) is 4.64. The summed E-state index contributed by atoms with van der Waals surface area (Å²) >= 11 is 0. The first kappa shape index (κ1) is 15.1. The van der Waals surface area contributed by atoms with E-state index in [1.165, 1.54) is 17.2 Å². The Balaban J connectivity index is 2.46. The van der Waals surface area contributed by atoms with E-state index in [0.29, 0.717) is 6.54 Å². The first-order valence-corrected chi connectivity index (χ1v) is 6.48. The van der Waals surface area contributed by atoms with Crippen LogP contribution >= 0.6 is 0 Å². The van der Waals surface area contributed by atoms with Crippen molar-refractivity contribution in [2.24, 2.45) is 0 Å². The molecule has 0 saturated carbocycles. The number of aliphatic hydroxyl groups excluding tert-OH is 1. The fourth-order valence-electron chi connectivity index (χ4n) is 2.07. The Morgan fingerprint density at radius 3 is 2.62 bits per heavy atom. The van der Waals surface area contributed by atoms with Gasteiger partial charge in [0.05, 0.1) is 29.6 Å². The summed E-state index contributed by atoms with van der Waals surface area (Å²) in [5.41, 5.74) is -0.264. The number of nitrogens with zero attached hydrogens (tertiary/aromatic N) is 2. The molecule has 0 aliphatic heterocycles. The third-order valence-corrected chi connectivity index (χ3v) is 3.12. The Labute approximate surface area is 120 Å². The van der Waals surface area contributed by atoms with Crippen LogP contribution in [0.25, 0.3) is 11.3 Å². The molecule has 1 heterocycles. The molecule has 2 rings (SSSR count). The van der Waals surface area contributed by atoms with E-state index in [2.05, 4.69) is 10.2 Å². The number of aromatic amines is 1. The standard InChI is InChI=1S/C14H15F2N3O2/c1-2-19(6-7-20)14(21)9-8-17-18-13(9)12-10(15)4-3-5-11(12)16/h3-5,8,20H,2,6-7H2,1H3,(H,17,18). The van der Waals surface area contributed by atoms with Gasteiger partial charge in [-0.15, -0.1) is 0 Å². The Hall–Kier alpha value is -2.28. The molecule has 5 nitrogen and oxygen atoms in total. The zero-order chi connectivity index (χ0) is 15.4. The van der Waals surface area contributed by atoms with Gasteiger partial charge in [0.15, 0.2) is 0 Å². The maximum absolute atomic E-state index is 13.8. The molecular formula is C14H15F2N3O2. The molecule has 2 N–H and O–H groups in total. The Morgan fingerprint density at radius 1 is 1.38 bits per heavy atom. The molecule has 1 aromatic heterocycles. The van der Waals surface area contributed by atoms with Gasteiger partial charge in [-0.1, -0.05) is 6.07 Å². The molecule has 0 atom stereocenters. The van der Waals surface area contributed by atoms with Crippen molar-refractivity contribution in [2.75, 3.05) is 19.7 Å². The topological polar surface area (TPSA) is 69.2 Å². The molecule has 0 unspecified atom stereocenters. The number of rotatable bonds is 5. The first-order valence-electron chi connectivity index (χ1n) is 6.48. The van der Waals surface area contributed by atoms with E-state index in [0.717, 1.165) is 12.1 Å². The molecule has 0 fully saturated rings. The molecule has 1 aromatic carbocycles. The van der Waals surface area contributed by atoms with Gasteiger partial charge in [-0.25, -0.2) is 8.78 Å². The number of nitrogens with one attached hydrogen (secondary N) is 1. The van der Waals surface area contributed by atoms with Crippen LogP contribution < -0.4 is 0 Å². The van der Waals surface area contributed by atoms with Gasteiger partial charge in [0.25, 0.3) is 5.91 Å². The van der Waals surface area contributed by atoms with Gasteiger partial charge in [0, 0.05) is 13.1 Å². The highest BCUT2D eigenvalue weighted by atomic mass is 19.1. The summed E-state index contributed by atoms with van der Waals surface area (Å²) in [5, 5.41) is 15.1. The van der Waals surface area contributed by atoms with Crippen LogP contribution in [0.1, 0.15) is 17.3 Å². The van der Waals surface area contributed by atoms with Crippen LogP contribution in [-0.2, 0) is 0 Å². The minimum atomic E-state index is -0.779. The minimum absolute atomic E-state index is 0.00742. The van der Waals surface area contributed by atoms with E-state index in [4.69, 9.17) is 5.11 Å². The van der Waals surface area contributed by atoms with Crippen molar-refractivity contribution >= 4 is 5.91 Å². The lowest BCUT2D eigenvalue weighted by molar-refractivity contribution is 0.0733. The number of benzene rings is 1. The van der Waals surface area contributed by atoms with Gasteiger partial charge in [-0.2, -0.15) is 5.10 Å². The van der Waals surface area contributed by atoms with Crippen LogP contribution in [0.2, 0.25) is 0 Å². The predicted octanol–water partition coefficient (Wildman–Crippen LogP) is 1.81. The summed E-state index contributed by atoms with van der Waals surface area (Å²) in [6, 6.07) is 3.47. The predicted molar refractivity (Wildman–Crippen MR) is 72.6 cm³/mol. The number of hydrogen-bond acceptors (Lipinski definition) is 3. The van der Waals surface area contributed by atoms with E-state index < -0.39 is 17.5 Å². The van der Waals surface area contributed by atoms with E-state index in [-0.39, 0.29) is 30.0 Å². The molecule has 112 valence electrons. The van der Waals surface area contributed by atoms with Gasteiger partial charge in [0.1, 0.15) is 11.6 Å². The van der Waals surface area contributed by atoms with Crippen LogP contribution in [0.3, 0.4) is 0 Å². The maximum atomic E-state index is 13.8. The summed E-state index contributed by atoms with van der Waals surface area (Å²) in [5.74, 6) is -2.00. The number of H-pyrrole nitrogens is 1. The number of carbonyl (C=O) groups is 1. The molecule has 0 aliphatic rings. The lowest BCUT2D eigenvalue weighted by Gasteiger charge is -2.19. The van der Waals surface area contributed by atoms with E-state index >= 15 is 0 Å². The van der Waals surface area contributed by atoms with E-state index in [1.807, 2.05) is 0 Å². The Bertz CT molecular complexity index is 623. The van der Waals surface area contributed by atoms with Crippen molar-refractivity contribution in [3.05, 3.63) is 41.6 Å². The van der Waals surface area contributed by atoms with Crippen LogP contribution in [0.15, 0.2) is 24.4 Å². The van der Waals surface area contributed by atoms with Crippen molar-refractivity contribution in [3.8, 4) is 11.3 Å². The average Bonchev–Trinajstić information content (AvgIpc) is 2.93. The normalized spacial score (nSPS) is 10.7. The maximum Gasteiger partial charge on any atom is 0.257 e. The SMILES string of the molecule is CCN(CCO)C(=O)c1cn[nH]c1-c1c(F)cccc1F. The third kappa shape index (κ3) is 2.92. The summed E-state index contributed by atoms with van der Waals surface area (Å²) in [4.78, 5) is 13.7. The van der Waals surface area contributed by atoms with Crippen molar-refractivity contribution < 1.29 is 18.7 Å². The fraction of sp³-hybridized carbons (Fsp3) is 0.286. The third-order valence-electron chi connectivity index (χ3n) is 3.12. The highest BCUT2D eigenvalue weighted by Gasteiger charge is 2.23. The molecule has 0 aliphatic carbocycles. The number of hydrogen-bond donors (Lipinski definition) is 2. The second-order valence-electron chi connectivity index (χ2n) is 4.36. The minimum Gasteiger partial charge on any atom is -0.395 e. The fourth-order valence-corrected chi connectivity index (χ4v) is 2.07. The van der Waals surface area contributed by atoms with Gasteiger partial charge in [-0.05, 0) is 19.1 Å². The monoisotopic (exact) mass is 295 g/mol. The smallest absolute Gasteiger partial charge is 0.257 e. The van der Waals surface area contributed by atoms with Crippen molar-refractivity contribution in [1.82, 2.24) is 15.1 Å². The summed E-state index contributed by atoms with van der Waals surface area (Å²) < 4.78 is 27.7. The zero-order valence-corrected chi connectivity index (χ0v) is 11.4. The van der Waals surface area contributed by atoms with Gasteiger partial charge in [0.2, 0.25) is 0 Å². The highest BCUT2D eigenvalue weighted by Crippen LogP contribution is 2.27. The lowest BCUT2D eigenvalue weighted by atomic mass is 10.1. The molecule has 1 amide bonds. The molecule has 0 spiro atoms. The number of aromatic nitrogens is 2. The molecule has 2 aromatic rings. The molecule has 0 bridgehead atoms. The number of aliphatic hydroxyl groups is 1. The largest absolute Gasteiger partial charge is 0.395 e. The second kappa shape index (κ2) is 6.45. The van der Waals surface area contributed by atoms with Gasteiger partial charge >= 0.3 is 0 Å². The number of carbonyl (C=O) groups excluding carboxylic acids is 1. The second-order valence-corrected chi connectivity index (χ2v) is 4.36. The van der Waals surface area contributed by atoms with E-state index in [9.17, 15) is 13.6 Å². The molecule has 21 heavy (non-hydrogen) atoms. The quantitative estimate of drug-likeness (QED) is 0.884. The molecule has 0 radical (unpaired) electrons. The summed E-state index contributed by atoms with van der Waals surface area (Å²) in [6.45, 7) is 2.06. The van der Waals surface area contributed by atoms with Gasteiger partial charge in [-0.3, -0.25) is 9.89 Å². The summed E-state index contributed by atoms with van der Waals surface area (Å²) in [7, 11) is 0. The van der Waals surface area contributed by atoms with Gasteiger partial charge < -0.3 is 10.0 Å². The number of likely N-dealkylation sites (N-methyl/N-ethyl adjacent to an activating group) is 1. The zero-order valence-electron chi connectivity index (χ0n) is 11.4. The number of amides is 1. The van der Waals surface area contributed by atoms with Crippen LogP contribution in [0.5, 0.6) is 0 Å². The molecule has 0 saturated heterocycles. The van der Waals surface area contributed by atoms with Crippen molar-refractivity contribution in [2.45, 2.75) is 6.92 Å².